The van der Waals surface area contributed by atoms with Crippen molar-refractivity contribution in [2.45, 2.75) is 70.8 Å². The number of ether oxygens (including phenoxy) is 2. The van der Waals surface area contributed by atoms with Crippen molar-refractivity contribution in [3.63, 3.8) is 0 Å². The molecule has 0 aliphatic heterocycles. The molecular formula is C37H38ClFN4O3. The molecule has 7 rings (SSSR count). The number of aromatic amines is 1. The fourth-order valence-electron chi connectivity index (χ4n) is 6.90. The third kappa shape index (κ3) is 6.10. The molecule has 0 amide bonds. The Morgan fingerprint density at radius 1 is 0.935 bits per heavy atom. The molecule has 238 valence electrons. The quantitative estimate of drug-likeness (QED) is 0.165. The van der Waals surface area contributed by atoms with E-state index < -0.39 is 5.82 Å². The number of nitrogens with zero attached hydrogens (tertiary/aromatic N) is 2. The van der Waals surface area contributed by atoms with Crippen LogP contribution in [-0.4, -0.2) is 26.7 Å². The number of ketones is 1. The first-order valence-corrected chi connectivity index (χ1v) is 16.6. The molecule has 1 unspecified atom stereocenters. The number of halogens is 2. The number of fused-ring (bicyclic) bond motifs is 1. The third-order valence-corrected chi connectivity index (χ3v) is 10.0. The van der Waals surface area contributed by atoms with E-state index in [1.807, 2.05) is 25.1 Å². The van der Waals surface area contributed by atoms with Crippen LogP contribution in [0.3, 0.4) is 0 Å². The molecule has 3 aromatic carbocycles. The first-order valence-electron chi connectivity index (χ1n) is 16.2. The van der Waals surface area contributed by atoms with Crippen LogP contribution in [0.1, 0.15) is 79.4 Å². The molecule has 0 bridgehead atoms. The molecule has 2 aromatic heterocycles. The van der Waals surface area contributed by atoms with Gasteiger partial charge in [-0.2, -0.15) is 5.10 Å². The Kier molecular flexibility index (Phi) is 8.47. The average Bonchev–Trinajstić information content (AvgIpc) is 3.60. The van der Waals surface area contributed by atoms with E-state index in [4.69, 9.17) is 26.8 Å². The van der Waals surface area contributed by atoms with E-state index >= 15 is 0 Å². The summed E-state index contributed by atoms with van der Waals surface area (Å²) in [5.74, 6) is 2.52. The van der Waals surface area contributed by atoms with E-state index in [-0.39, 0.29) is 29.0 Å². The van der Waals surface area contributed by atoms with Gasteiger partial charge in [0.05, 0.1) is 34.3 Å². The zero-order valence-corrected chi connectivity index (χ0v) is 26.7. The summed E-state index contributed by atoms with van der Waals surface area (Å²) in [6.07, 6.45) is 12.9. The second-order valence-electron chi connectivity index (χ2n) is 12.8. The molecular weight excluding hydrogens is 603 g/mol. The van der Waals surface area contributed by atoms with Crippen molar-refractivity contribution in [3.8, 4) is 22.9 Å². The number of rotatable bonds is 8. The van der Waals surface area contributed by atoms with Crippen molar-refractivity contribution in [1.29, 1.82) is 0 Å². The maximum atomic E-state index is 14.1. The molecule has 2 aliphatic rings. The summed E-state index contributed by atoms with van der Waals surface area (Å²) in [6.45, 7) is 1.85. The highest BCUT2D eigenvalue weighted by Crippen LogP contribution is 2.41. The van der Waals surface area contributed by atoms with Crippen LogP contribution in [0.2, 0.25) is 5.02 Å². The summed E-state index contributed by atoms with van der Waals surface area (Å²) in [7, 11) is 0. The molecule has 0 saturated heterocycles. The molecule has 46 heavy (non-hydrogen) atoms. The van der Waals surface area contributed by atoms with Gasteiger partial charge in [-0.15, -0.1) is 0 Å². The van der Waals surface area contributed by atoms with Crippen molar-refractivity contribution in [3.05, 3.63) is 94.5 Å². The number of anilines is 1. The third-order valence-electron chi connectivity index (χ3n) is 9.75. The molecule has 2 heterocycles. The van der Waals surface area contributed by atoms with Gasteiger partial charge in [-0.25, -0.2) is 9.07 Å². The van der Waals surface area contributed by atoms with Crippen molar-refractivity contribution in [1.82, 2.24) is 14.8 Å². The van der Waals surface area contributed by atoms with Crippen molar-refractivity contribution in [2.24, 2.45) is 11.8 Å². The Morgan fingerprint density at radius 2 is 1.72 bits per heavy atom. The minimum Gasteiger partial charge on any atom is -0.489 e. The van der Waals surface area contributed by atoms with Gasteiger partial charge in [0, 0.05) is 10.9 Å². The lowest BCUT2D eigenvalue weighted by molar-refractivity contribution is 0.103. The van der Waals surface area contributed by atoms with Crippen LogP contribution < -0.4 is 15.2 Å². The molecule has 9 heteroatoms. The summed E-state index contributed by atoms with van der Waals surface area (Å²) in [5, 5.41) is 5.77. The number of aromatic nitrogens is 3. The Morgan fingerprint density at radius 3 is 2.50 bits per heavy atom. The predicted octanol–water partition coefficient (Wildman–Crippen LogP) is 9.58. The maximum absolute atomic E-state index is 14.1. The summed E-state index contributed by atoms with van der Waals surface area (Å²) in [4.78, 5) is 16.8. The number of benzene rings is 3. The number of nitrogen functional groups attached to an aromatic ring is 1. The number of para-hydroxylation sites is 1. The van der Waals surface area contributed by atoms with Gasteiger partial charge < -0.3 is 20.2 Å². The summed E-state index contributed by atoms with van der Waals surface area (Å²) < 4.78 is 27.9. The van der Waals surface area contributed by atoms with Gasteiger partial charge >= 0.3 is 0 Å². The lowest BCUT2D eigenvalue weighted by Crippen LogP contribution is -2.26. The van der Waals surface area contributed by atoms with Crippen LogP contribution in [-0.2, 0) is 0 Å². The monoisotopic (exact) mass is 640 g/mol. The first kappa shape index (κ1) is 30.4. The van der Waals surface area contributed by atoms with Crippen LogP contribution in [0.15, 0.2) is 66.9 Å². The Hall–Kier alpha value is -4.30. The minimum atomic E-state index is -0.444. The first-order chi connectivity index (χ1) is 22.3. The Balaban J connectivity index is 1.07. The molecule has 3 N–H and O–H groups in total. The van der Waals surface area contributed by atoms with E-state index in [1.54, 1.807) is 36.4 Å². The molecule has 2 atom stereocenters. The SMILES string of the molecule is Cc1cc(-n2ncc(C(=O)c3cc4cc(OC5CCCC[C@@H](C6CCC6)CC5)c(Cl)cc4[nH]3)c2N)ccc1Oc1ccccc1F. The van der Waals surface area contributed by atoms with Gasteiger partial charge in [-0.3, -0.25) is 4.79 Å². The fraction of sp³-hybridized carbons (Fsp3) is 0.351. The Bertz CT molecular complexity index is 1900. The zero-order chi connectivity index (χ0) is 31.8. The number of carbonyl (C=O) groups excluding carboxylic acids is 1. The van der Waals surface area contributed by atoms with Gasteiger partial charge in [0.25, 0.3) is 0 Å². The highest BCUT2D eigenvalue weighted by Gasteiger charge is 2.29. The number of H-pyrrole nitrogens is 1. The zero-order valence-electron chi connectivity index (χ0n) is 25.9. The topological polar surface area (TPSA) is 95.2 Å². The van der Waals surface area contributed by atoms with Crippen molar-refractivity contribution in [2.75, 3.05) is 5.73 Å². The summed E-state index contributed by atoms with van der Waals surface area (Å²) >= 11 is 6.69. The summed E-state index contributed by atoms with van der Waals surface area (Å²) in [6, 6.07) is 17.1. The van der Waals surface area contributed by atoms with E-state index in [9.17, 15) is 9.18 Å². The van der Waals surface area contributed by atoms with E-state index in [2.05, 4.69) is 10.1 Å². The smallest absolute Gasteiger partial charge is 0.214 e. The molecule has 2 saturated carbocycles. The summed E-state index contributed by atoms with van der Waals surface area (Å²) in [5.41, 5.74) is 9.26. The largest absolute Gasteiger partial charge is 0.489 e. The normalized spacial score (nSPS) is 18.9. The molecule has 5 aromatic rings. The van der Waals surface area contributed by atoms with Gasteiger partial charge in [0.1, 0.15) is 17.3 Å². The van der Waals surface area contributed by atoms with Crippen LogP contribution in [0, 0.1) is 24.6 Å². The lowest BCUT2D eigenvalue weighted by atomic mass is 9.71. The molecule has 2 fully saturated rings. The number of aryl methyl sites for hydroxylation is 1. The van der Waals surface area contributed by atoms with E-state index in [1.165, 1.54) is 61.9 Å². The van der Waals surface area contributed by atoms with Crippen LogP contribution in [0.25, 0.3) is 16.6 Å². The number of nitrogens with two attached hydrogens (primary N) is 1. The van der Waals surface area contributed by atoms with Crippen LogP contribution in [0.4, 0.5) is 10.2 Å². The molecule has 0 spiro atoms. The highest BCUT2D eigenvalue weighted by molar-refractivity contribution is 6.32. The van der Waals surface area contributed by atoms with Gasteiger partial charge in [-0.1, -0.05) is 55.8 Å². The number of nitrogens with one attached hydrogen (secondary N) is 1. The number of hydrogen-bond donors (Lipinski definition) is 2. The Labute approximate surface area is 272 Å². The standard InChI is InChI=1S/C37H38ClFN4O3/c1-22-17-26(14-16-33(22)46-34-12-5-4-11-30(34)39)43-37(40)28(21-41-43)36(44)32-18-25-19-35(29(38)20-31(25)42-32)45-27-10-3-2-7-24(13-15-27)23-8-6-9-23/h4-5,11-12,14,16-21,23-24,27,42H,2-3,6-10,13,15,40H2,1H3/t24-,27?/m1/s1. The number of carbonyl (C=O) groups is 1. The number of hydrogen-bond acceptors (Lipinski definition) is 5. The molecule has 0 radical (unpaired) electrons. The van der Waals surface area contributed by atoms with Crippen molar-refractivity contribution >= 4 is 34.1 Å². The highest BCUT2D eigenvalue weighted by atomic mass is 35.5. The van der Waals surface area contributed by atoms with Gasteiger partial charge in [0.15, 0.2) is 11.6 Å². The fourth-order valence-corrected chi connectivity index (χ4v) is 7.11. The maximum Gasteiger partial charge on any atom is 0.214 e. The van der Waals surface area contributed by atoms with Gasteiger partial charge in [0.2, 0.25) is 5.78 Å². The van der Waals surface area contributed by atoms with Crippen molar-refractivity contribution < 1.29 is 18.7 Å². The predicted molar refractivity (Wildman–Crippen MR) is 179 cm³/mol. The molecule has 7 nitrogen and oxygen atoms in total. The lowest BCUT2D eigenvalue weighted by Gasteiger charge is -2.36. The van der Waals surface area contributed by atoms with E-state index in [0.717, 1.165) is 41.1 Å². The van der Waals surface area contributed by atoms with Gasteiger partial charge in [-0.05, 0) is 98.5 Å². The van der Waals surface area contributed by atoms with Crippen LogP contribution >= 0.6 is 11.6 Å². The second-order valence-corrected chi connectivity index (χ2v) is 13.2. The second kappa shape index (κ2) is 12.8. The van der Waals surface area contributed by atoms with E-state index in [0.29, 0.717) is 27.9 Å². The minimum absolute atomic E-state index is 0.139. The average molecular weight is 641 g/mol. The van der Waals surface area contributed by atoms with Crippen LogP contribution in [0.5, 0.6) is 17.2 Å². The molecule has 2 aliphatic carbocycles.